The first-order valence-corrected chi connectivity index (χ1v) is 9.11. The minimum atomic E-state index is 0.0266. The average Bonchev–Trinajstić information content (AvgIpc) is 3.57. The maximum atomic E-state index is 12.1. The van der Waals surface area contributed by atoms with Gasteiger partial charge >= 0.3 is 0 Å². The smallest absolute Gasteiger partial charge is 0.228 e. The molecule has 0 spiro atoms. The Balaban J connectivity index is 1.74. The Labute approximate surface area is 163 Å². The van der Waals surface area contributed by atoms with Crippen LogP contribution in [0.25, 0.3) is 10.8 Å². The summed E-state index contributed by atoms with van der Waals surface area (Å²) in [6.45, 7) is 0. The predicted octanol–water partition coefficient (Wildman–Crippen LogP) is 3.43. The minimum absolute atomic E-state index is 0.0266. The summed E-state index contributed by atoms with van der Waals surface area (Å²) >= 11 is 0. The second-order valence-electron chi connectivity index (χ2n) is 6.63. The number of amides is 1. The zero-order chi connectivity index (χ0) is 19.5. The van der Waals surface area contributed by atoms with Gasteiger partial charge in [-0.3, -0.25) is 4.79 Å². The summed E-state index contributed by atoms with van der Waals surface area (Å²) in [7, 11) is 3.44. The van der Waals surface area contributed by atoms with Gasteiger partial charge in [-0.25, -0.2) is 9.97 Å². The van der Waals surface area contributed by atoms with Gasteiger partial charge < -0.3 is 15.4 Å². The Morgan fingerprint density at radius 1 is 1.14 bits per heavy atom. The van der Waals surface area contributed by atoms with Crippen molar-refractivity contribution in [1.29, 1.82) is 0 Å². The van der Waals surface area contributed by atoms with Crippen LogP contribution in [0.1, 0.15) is 24.0 Å². The number of carbonyl (C=O) groups excluding carboxylic acids is 1. The molecule has 2 aromatic heterocycles. The lowest BCUT2D eigenvalue weighted by atomic mass is 10.1. The minimum Gasteiger partial charge on any atom is -0.497 e. The highest BCUT2D eigenvalue weighted by molar-refractivity contribution is 5.99. The van der Waals surface area contributed by atoms with Gasteiger partial charge in [-0.1, -0.05) is 17.9 Å². The fourth-order valence-electron chi connectivity index (χ4n) is 2.92. The summed E-state index contributed by atoms with van der Waals surface area (Å²) in [4.78, 5) is 20.9. The third kappa shape index (κ3) is 3.74. The van der Waals surface area contributed by atoms with Crippen molar-refractivity contribution in [3.8, 4) is 17.6 Å². The van der Waals surface area contributed by atoms with E-state index in [4.69, 9.17) is 4.74 Å². The van der Waals surface area contributed by atoms with Crippen molar-refractivity contribution in [2.75, 3.05) is 24.8 Å². The number of anilines is 2. The zero-order valence-electron chi connectivity index (χ0n) is 15.7. The van der Waals surface area contributed by atoms with Crippen LogP contribution in [0, 0.1) is 17.8 Å². The third-order valence-corrected chi connectivity index (χ3v) is 4.62. The first-order valence-electron chi connectivity index (χ1n) is 9.11. The van der Waals surface area contributed by atoms with E-state index in [1.54, 1.807) is 19.5 Å². The number of benzene rings is 1. The Morgan fingerprint density at radius 2 is 2.00 bits per heavy atom. The van der Waals surface area contributed by atoms with E-state index in [9.17, 15) is 4.79 Å². The number of methoxy groups -OCH3 is 1. The van der Waals surface area contributed by atoms with Crippen LogP contribution >= 0.6 is 0 Å². The lowest BCUT2D eigenvalue weighted by Gasteiger charge is -2.09. The summed E-state index contributed by atoms with van der Waals surface area (Å²) in [6, 6.07) is 9.44. The number of carbonyl (C=O) groups is 1. The topological polar surface area (TPSA) is 76.1 Å². The molecule has 0 bridgehead atoms. The number of aromatic nitrogens is 2. The molecule has 0 atom stereocenters. The molecule has 1 aliphatic carbocycles. The largest absolute Gasteiger partial charge is 0.497 e. The van der Waals surface area contributed by atoms with Crippen LogP contribution in [-0.4, -0.2) is 30.0 Å². The number of fused-ring (bicyclic) bond motifs is 1. The number of ether oxygens (including phenoxy) is 1. The van der Waals surface area contributed by atoms with E-state index < -0.39 is 0 Å². The summed E-state index contributed by atoms with van der Waals surface area (Å²) < 4.78 is 5.25. The van der Waals surface area contributed by atoms with Crippen LogP contribution < -0.4 is 15.4 Å². The first-order chi connectivity index (χ1) is 13.7. The summed E-state index contributed by atoms with van der Waals surface area (Å²) in [5, 5.41) is 7.70. The van der Waals surface area contributed by atoms with Crippen LogP contribution in [0.4, 0.5) is 11.6 Å². The average molecular weight is 372 g/mol. The molecule has 0 unspecified atom stereocenters. The molecule has 0 radical (unpaired) electrons. The van der Waals surface area contributed by atoms with Crippen LogP contribution in [-0.2, 0) is 4.79 Å². The van der Waals surface area contributed by atoms with Gasteiger partial charge in [0.15, 0.2) is 0 Å². The molecule has 1 fully saturated rings. The fourth-order valence-corrected chi connectivity index (χ4v) is 2.92. The fraction of sp³-hybridized carbons (Fsp3) is 0.227. The van der Waals surface area contributed by atoms with Gasteiger partial charge in [0.2, 0.25) is 5.91 Å². The second-order valence-corrected chi connectivity index (χ2v) is 6.63. The van der Waals surface area contributed by atoms with Crippen LogP contribution in [0.2, 0.25) is 0 Å². The van der Waals surface area contributed by atoms with Crippen molar-refractivity contribution >= 4 is 28.3 Å². The molecule has 0 saturated heterocycles. The van der Waals surface area contributed by atoms with Crippen LogP contribution in [0.5, 0.6) is 5.75 Å². The lowest BCUT2D eigenvalue weighted by Crippen LogP contribution is -2.14. The number of nitrogens with one attached hydrogen (secondary N) is 2. The molecule has 1 amide bonds. The standard InChI is InChI=1S/C22H20N4O2/c1-23-21-19-13-24-20(26-22(27)15-8-9-15)11-18(19)16(12-25-21)7-6-14-4-3-5-17(10-14)28-2/h3-5,10-13,15H,8-9H2,1-2H3,(H,23,25)(H,24,26,27). The monoisotopic (exact) mass is 372 g/mol. The molecule has 1 aliphatic rings. The van der Waals surface area contributed by atoms with Gasteiger partial charge in [-0.05, 0) is 37.1 Å². The third-order valence-electron chi connectivity index (χ3n) is 4.62. The molecule has 2 heterocycles. The van der Waals surface area contributed by atoms with Gasteiger partial charge in [0.05, 0.1) is 12.7 Å². The van der Waals surface area contributed by atoms with Gasteiger partial charge in [0.1, 0.15) is 17.4 Å². The highest BCUT2D eigenvalue weighted by Gasteiger charge is 2.29. The van der Waals surface area contributed by atoms with Gasteiger partial charge in [-0.2, -0.15) is 0 Å². The van der Waals surface area contributed by atoms with E-state index in [2.05, 4.69) is 32.4 Å². The van der Waals surface area contributed by atoms with E-state index in [0.29, 0.717) is 5.82 Å². The van der Waals surface area contributed by atoms with E-state index >= 15 is 0 Å². The number of nitrogens with zero attached hydrogens (tertiary/aromatic N) is 2. The summed E-state index contributed by atoms with van der Waals surface area (Å²) in [5.41, 5.74) is 1.61. The Morgan fingerprint density at radius 3 is 2.75 bits per heavy atom. The van der Waals surface area contributed by atoms with Gasteiger partial charge in [0, 0.05) is 41.7 Å². The van der Waals surface area contributed by atoms with Gasteiger partial charge in [0.25, 0.3) is 0 Å². The first kappa shape index (κ1) is 17.8. The van der Waals surface area contributed by atoms with Crippen molar-refractivity contribution in [2.45, 2.75) is 12.8 Å². The van der Waals surface area contributed by atoms with Crippen molar-refractivity contribution in [2.24, 2.45) is 5.92 Å². The number of rotatable bonds is 4. The maximum absolute atomic E-state index is 12.1. The Hall–Kier alpha value is -3.59. The molecular formula is C22H20N4O2. The van der Waals surface area contributed by atoms with Crippen molar-refractivity contribution in [3.05, 3.63) is 53.9 Å². The SMILES string of the molecule is CNc1ncc(C#Cc2cccc(OC)c2)c2cc(NC(=O)C3CC3)ncc12. The van der Waals surface area contributed by atoms with Crippen molar-refractivity contribution < 1.29 is 9.53 Å². The molecular weight excluding hydrogens is 352 g/mol. The highest BCUT2D eigenvalue weighted by Crippen LogP contribution is 2.31. The normalized spacial score (nSPS) is 12.8. The van der Waals surface area contributed by atoms with Crippen LogP contribution in [0.15, 0.2) is 42.7 Å². The van der Waals surface area contributed by atoms with Crippen molar-refractivity contribution in [3.63, 3.8) is 0 Å². The second kappa shape index (κ2) is 7.57. The quantitative estimate of drug-likeness (QED) is 0.686. The molecule has 1 saturated carbocycles. The Bertz CT molecular complexity index is 1110. The summed E-state index contributed by atoms with van der Waals surface area (Å²) in [5.74, 6) is 8.49. The highest BCUT2D eigenvalue weighted by atomic mass is 16.5. The summed E-state index contributed by atoms with van der Waals surface area (Å²) in [6.07, 6.45) is 5.34. The molecule has 28 heavy (non-hydrogen) atoms. The molecule has 6 heteroatoms. The van der Waals surface area contributed by atoms with Gasteiger partial charge in [-0.15, -0.1) is 0 Å². The van der Waals surface area contributed by atoms with E-state index in [0.717, 1.165) is 46.3 Å². The molecule has 4 rings (SSSR count). The lowest BCUT2D eigenvalue weighted by molar-refractivity contribution is -0.117. The number of pyridine rings is 2. The molecule has 3 aromatic rings. The van der Waals surface area contributed by atoms with E-state index in [1.165, 1.54) is 0 Å². The van der Waals surface area contributed by atoms with E-state index in [-0.39, 0.29) is 11.8 Å². The molecule has 1 aromatic carbocycles. The molecule has 140 valence electrons. The molecule has 2 N–H and O–H groups in total. The molecule has 0 aliphatic heterocycles. The molecule has 6 nitrogen and oxygen atoms in total. The predicted molar refractivity (Wildman–Crippen MR) is 109 cm³/mol. The maximum Gasteiger partial charge on any atom is 0.228 e. The van der Waals surface area contributed by atoms with E-state index in [1.807, 2.05) is 37.4 Å². The number of hydrogen-bond acceptors (Lipinski definition) is 5. The van der Waals surface area contributed by atoms with Crippen LogP contribution in [0.3, 0.4) is 0 Å². The zero-order valence-corrected chi connectivity index (χ0v) is 15.7. The Kier molecular flexibility index (Phi) is 4.81. The van der Waals surface area contributed by atoms with Crippen molar-refractivity contribution in [1.82, 2.24) is 9.97 Å². The number of hydrogen-bond donors (Lipinski definition) is 2.